The van der Waals surface area contributed by atoms with E-state index in [1.807, 2.05) is 19.9 Å². The first-order chi connectivity index (χ1) is 8.96. The highest BCUT2D eigenvalue weighted by Crippen LogP contribution is 2.24. The Morgan fingerprint density at radius 3 is 2.63 bits per heavy atom. The van der Waals surface area contributed by atoms with Gasteiger partial charge in [0, 0.05) is 12.6 Å². The molecule has 2 rings (SSSR count). The fourth-order valence-corrected chi connectivity index (χ4v) is 4.34. The summed E-state index contributed by atoms with van der Waals surface area (Å²) in [7, 11) is -1.55. The lowest BCUT2D eigenvalue weighted by molar-refractivity contribution is 0.0825. The molecule has 0 bridgehead atoms. The molecule has 0 aliphatic carbocycles. The molecule has 1 heterocycles. The van der Waals surface area contributed by atoms with Gasteiger partial charge in [-0.15, -0.1) is 0 Å². The van der Waals surface area contributed by atoms with Gasteiger partial charge in [0.05, 0.1) is 11.5 Å². The Hall–Kier alpha value is -0.910. The highest BCUT2D eigenvalue weighted by Gasteiger charge is 2.36. The average Bonchev–Trinajstić information content (AvgIpc) is 2.41. The molecule has 1 aliphatic heterocycles. The van der Waals surface area contributed by atoms with Gasteiger partial charge in [-0.25, -0.2) is 8.42 Å². The summed E-state index contributed by atoms with van der Waals surface area (Å²) in [5.41, 5.74) is 2.10. The third-order valence-corrected chi connectivity index (χ3v) is 6.05. The molecule has 0 radical (unpaired) electrons. The Morgan fingerprint density at radius 1 is 1.26 bits per heavy atom. The lowest BCUT2D eigenvalue weighted by atomic mass is 10.1. The van der Waals surface area contributed by atoms with E-state index in [9.17, 15) is 8.42 Å². The van der Waals surface area contributed by atoms with E-state index >= 15 is 0 Å². The van der Waals surface area contributed by atoms with Gasteiger partial charge in [-0.3, -0.25) is 0 Å². The highest BCUT2D eigenvalue weighted by molar-refractivity contribution is 7.92. The Balaban J connectivity index is 2.37. The van der Waals surface area contributed by atoms with Crippen LogP contribution in [0.5, 0.6) is 0 Å². The van der Waals surface area contributed by atoms with E-state index in [0.29, 0.717) is 11.5 Å². The van der Waals surface area contributed by atoms with Gasteiger partial charge in [-0.05, 0) is 50.6 Å². The summed E-state index contributed by atoms with van der Waals surface area (Å²) < 4.78 is 30.8. The molecule has 19 heavy (non-hydrogen) atoms. The van der Waals surface area contributed by atoms with E-state index in [0.717, 1.165) is 17.5 Å². The zero-order valence-corrected chi connectivity index (χ0v) is 12.5. The Bertz CT molecular complexity index is 554. The first-order valence-corrected chi connectivity index (χ1v) is 8.07. The van der Waals surface area contributed by atoms with Crippen molar-refractivity contribution in [3.8, 4) is 0 Å². The van der Waals surface area contributed by atoms with E-state index in [4.69, 9.17) is 4.74 Å². The molecule has 2 atom stereocenters. The van der Waals surface area contributed by atoms with Crippen LogP contribution in [0.4, 0.5) is 0 Å². The fraction of sp³-hybridized carbons (Fsp3) is 0.571. The molecule has 5 heteroatoms. The van der Waals surface area contributed by atoms with Crippen LogP contribution < -0.4 is 5.32 Å². The van der Waals surface area contributed by atoms with Gasteiger partial charge in [-0.2, -0.15) is 0 Å². The molecule has 0 aromatic heterocycles. The molecule has 1 saturated heterocycles. The number of hydrogen-bond donors (Lipinski definition) is 1. The average molecular weight is 283 g/mol. The minimum absolute atomic E-state index is 0.0413. The molecule has 106 valence electrons. The molecule has 1 aromatic rings. The van der Waals surface area contributed by atoms with Crippen LogP contribution in [-0.2, 0) is 14.6 Å². The second-order valence-corrected chi connectivity index (χ2v) is 7.26. The minimum atomic E-state index is -3.35. The molecule has 1 aliphatic rings. The van der Waals surface area contributed by atoms with Crippen LogP contribution in [0.15, 0.2) is 23.1 Å². The van der Waals surface area contributed by atoms with Crippen molar-refractivity contribution in [2.24, 2.45) is 0 Å². The van der Waals surface area contributed by atoms with E-state index < -0.39 is 15.1 Å². The van der Waals surface area contributed by atoms with E-state index in [2.05, 4.69) is 5.32 Å². The smallest absolute Gasteiger partial charge is 0.185 e. The second-order valence-electron chi connectivity index (χ2n) is 5.09. The Morgan fingerprint density at radius 2 is 2.00 bits per heavy atom. The Labute approximate surface area is 115 Å². The van der Waals surface area contributed by atoms with Crippen molar-refractivity contribution >= 4 is 9.84 Å². The van der Waals surface area contributed by atoms with Crippen LogP contribution in [0.1, 0.15) is 17.5 Å². The summed E-state index contributed by atoms with van der Waals surface area (Å²) in [6.07, 6.45) is 0.727. The number of nitrogens with one attached hydrogen (secondary N) is 1. The molecule has 1 aromatic carbocycles. The monoisotopic (exact) mass is 283 g/mol. The minimum Gasteiger partial charge on any atom is -0.380 e. The van der Waals surface area contributed by atoms with Crippen molar-refractivity contribution in [3.05, 3.63) is 29.3 Å². The summed E-state index contributed by atoms with van der Waals surface area (Å²) in [6, 6.07) is 5.27. The van der Waals surface area contributed by atoms with Gasteiger partial charge in [0.2, 0.25) is 0 Å². The SMILES string of the molecule is CNC1CCOCC1S(=O)(=O)c1ccc(C)c(C)c1. The van der Waals surface area contributed by atoms with Crippen molar-refractivity contribution in [1.29, 1.82) is 0 Å². The van der Waals surface area contributed by atoms with Gasteiger partial charge in [0.1, 0.15) is 5.25 Å². The number of aryl methyl sites for hydroxylation is 2. The second kappa shape index (κ2) is 5.61. The third kappa shape index (κ3) is 2.83. The van der Waals surface area contributed by atoms with Gasteiger partial charge < -0.3 is 10.1 Å². The number of benzene rings is 1. The summed E-state index contributed by atoms with van der Waals surface area (Å²) in [6.45, 7) is 4.79. The fourth-order valence-electron chi connectivity index (χ4n) is 2.41. The van der Waals surface area contributed by atoms with Crippen LogP contribution in [0.25, 0.3) is 0 Å². The first-order valence-electron chi connectivity index (χ1n) is 6.53. The zero-order chi connectivity index (χ0) is 14.0. The molecule has 0 spiro atoms. The van der Waals surface area contributed by atoms with Crippen molar-refractivity contribution in [2.75, 3.05) is 20.3 Å². The number of sulfone groups is 1. The maximum absolute atomic E-state index is 12.7. The molecule has 1 fully saturated rings. The standard InChI is InChI=1S/C14H21NO3S/c1-10-4-5-12(8-11(10)2)19(16,17)14-9-18-7-6-13(14)15-3/h4-5,8,13-15H,6-7,9H2,1-3H3. The van der Waals surface area contributed by atoms with Gasteiger partial charge >= 0.3 is 0 Å². The predicted molar refractivity (Wildman–Crippen MR) is 75.2 cm³/mol. The lowest BCUT2D eigenvalue weighted by Crippen LogP contribution is -2.49. The van der Waals surface area contributed by atoms with Crippen molar-refractivity contribution < 1.29 is 13.2 Å². The zero-order valence-electron chi connectivity index (χ0n) is 11.6. The topological polar surface area (TPSA) is 55.4 Å². The van der Waals surface area contributed by atoms with Gasteiger partial charge in [0.15, 0.2) is 9.84 Å². The maximum atomic E-state index is 12.7. The molecule has 4 nitrogen and oxygen atoms in total. The number of ether oxygens (including phenoxy) is 1. The van der Waals surface area contributed by atoms with Crippen molar-refractivity contribution in [1.82, 2.24) is 5.32 Å². The highest BCUT2D eigenvalue weighted by atomic mass is 32.2. The summed E-state index contributed by atoms with van der Waals surface area (Å²) in [5, 5.41) is 2.59. The maximum Gasteiger partial charge on any atom is 0.185 e. The molecular formula is C14H21NO3S. The van der Waals surface area contributed by atoms with Crippen LogP contribution >= 0.6 is 0 Å². The van der Waals surface area contributed by atoms with E-state index in [1.54, 1.807) is 19.2 Å². The first kappa shape index (κ1) is 14.5. The largest absolute Gasteiger partial charge is 0.380 e. The summed E-state index contributed by atoms with van der Waals surface area (Å²) >= 11 is 0. The van der Waals surface area contributed by atoms with Crippen molar-refractivity contribution in [2.45, 2.75) is 36.5 Å². The molecule has 0 saturated carbocycles. The van der Waals surface area contributed by atoms with Crippen LogP contribution in [0.3, 0.4) is 0 Å². The lowest BCUT2D eigenvalue weighted by Gasteiger charge is -2.31. The van der Waals surface area contributed by atoms with Crippen LogP contribution in [-0.4, -0.2) is 40.0 Å². The molecule has 2 unspecified atom stereocenters. The van der Waals surface area contributed by atoms with Crippen LogP contribution in [0.2, 0.25) is 0 Å². The molecule has 1 N–H and O–H groups in total. The molecule has 0 amide bonds. The van der Waals surface area contributed by atoms with E-state index in [-0.39, 0.29) is 12.6 Å². The summed E-state index contributed by atoms with van der Waals surface area (Å²) in [5.74, 6) is 0. The van der Waals surface area contributed by atoms with E-state index in [1.165, 1.54) is 0 Å². The summed E-state index contributed by atoms with van der Waals surface area (Å²) in [4.78, 5) is 0.395. The molecular weight excluding hydrogens is 262 g/mol. The third-order valence-electron chi connectivity index (χ3n) is 3.88. The normalized spacial score (nSPS) is 24.4. The van der Waals surface area contributed by atoms with Gasteiger partial charge in [0.25, 0.3) is 0 Å². The Kier molecular flexibility index (Phi) is 4.28. The van der Waals surface area contributed by atoms with Gasteiger partial charge in [-0.1, -0.05) is 6.07 Å². The van der Waals surface area contributed by atoms with Crippen LogP contribution in [0, 0.1) is 13.8 Å². The number of rotatable bonds is 3. The predicted octanol–water partition coefficient (Wildman–Crippen LogP) is 1.45. The number of hydrogen-bond acceptors (Lipinski definition) is 4. The van der Waals surface area contributed by atoms with Crippen molar-refractivity contribution in [3.63, 3.8) is 0 Å². The quantitative estimate of drug-likeness (QED) is 0.912.